The Balaban J connectivity index is 2.12. The fraction of sp³-hybridized carbons (Fsp3) is 0.0588. The molecule has 2 rings (SSSR count). The summed E-state index contributed by atoms with van der Waals surface area (Å²) in [5.74, 6) is -1.61. The number of aliphatic carboxylic acids is 1. The molecule has 0 bridgehead atoms. The maximum absolute atomic E-state index is 13.1. The van der Waals surface area contributed by atoms with Crippen molar-refractivity contribution in [3.05, 3.63) is 64.1 Å². The molecule has 0 aliphatic rings. The molecule has 9 heteroatoms. The lowest BCUT2D eigenvalue weighted by Gasteiger charge is -2.08. The zero-order valence-corrected chi connectivity index (χ0v) is 14.9. The lowest BCUT2D eigenvalue weighted by atomic mass is 10.3. The number of methoxy groups -OCH3 is 1. The topological polar surface area (TPSA) is 80.2 Å². The first kappa shape index (κ1) is 19.6. The zero-order valence-electron chi connectivity index (χ0n) is 13.4. The van der Waals surface area contributed by atoms with Crippen molar-refractivity contribution < 1.29 is 23.8 Å². The fourth-order valence-corrected chi connectivity index (χ4v) is 2.09. The molecule has 0 fully saturated rings. The molecule has 26 heavy (non-hydrogen) atoms. The monoisotopic (exact) mass is 398 g/mol. The number of rotatable bonds is 7. The van der Waals surface area contributed by atoms with E-state index in [0.717, 1.165) is 12.3 Å². The summed E-state index contributed by atoms with van der Waals surface area (Å²) in [6, 6.07) is 10.2. The van der Waals surface area contributed by atoms with E-state index in [2.05, 4.69) is 10.5 Å². The number of halogens is 3. The minimum atomic E-state index is -1.37. The van der Waals surface area contributed by atoms with Crippen LogP contribution in [0.2, 0.25) is 5.02 Å². The SMILES string of the molecule is COc1ccc(O/C(C(=O)O)=C(Cl)\C=N/Nc2ccc(F)c(Cl)c2)cc1. The Morgan fingerprint density at radius 3 is 2.46 bits per heavy atom. The molecule has 0 radical (unpaired) electrons. The number of allylic oxidation sites excluding steroid dienone is 1. The van der Waals surface area contributed by atoms with Crippen LogP contribution in [0.25, 0.3) is 0 Å². The molecule has 0 heterocycles. The number of carbonyl (C=O) groups is 1. The summed E-state index contributed by atoms with van der Waals surface area (Å²) < 4.78 is 23.4. The molecule has 0 aliphatic heterocycles. The average molecular weight is 399 g/mol. The van der Waals surface area contributed by atoms with Crippen LogP contribution < -0.4 is 14.9 Å². The van der Waals surface area contributed by atoms with Gasteiger partial charge in [0.25, 0.3) is 0 Å². The first-order chi connectivity index (χ1) is 12.4. The van der Waals surface area contributed by atoms with Crippen molar-refractivity contribution in [2.75, 3.05) is 12.5 Å². The van der Waals surface area contributed by atoms with Gasteiger partial charge in [0, 0.05) is 0 Å². The molecule has 2 aromatic rings. The molecule has 2 N–H and O–H groups in total. The van der Waals surface area contributed by atoms with E-state index in [1.54, 1.807) is 12.1 Å². The molecule has 0 amide bonds. The highest BCUT2D eigenvalue weighted by molar-refractivity contribution is 6.41. The number of ether oxygens (including phenoxy) is 2. The van der Waals surface area contributed by atoms with Crippen molar-refractivity contribution in [1.82, 2.24) is 0 Å². The fourth-order valence-electron chi connectivity index (χ4n) is 1.74. The van der Waals surface area contributed by atoms with Gasteiger partial charge < -0.3 is 14.6 Å². The number of anilines is 1. The van der Waals surface area contributed by atoms with Crippen LogP contribution in [0, 0.1) is 5.82 Å². The molecule has 0 atom stereocenters. The normalized spacial score (nSPS) is 11.8. The largest absolute Gasteiger partial charge is 0.497 e. The molecular formula is C17H13Cl2FN2O4. The van der Waals surface area contributed by atoms with Gasteiger partial charge in [-0.05, 0) is 42.5 Å². The summed E-state index contributed by atoms with van der Waals surface area (Å²) in [5.41, 5.74) is 2.94. The van der Waals surface area contributed by atoms with Gasteiger partial charge in [0.1, 0.15) is 22.3 Å². The predicted octanol–water partition coefficient (Wildman–Crippen LogP) is 4.50. The Morgan fingerprint density at radius 1 is 1.23 bits per heavy atom. The van der Waals surface area contributed by atoms with E-state index < -0.39 is 17.5 Å². The number of hydrogen-bond acceptors (Lipinski definition) is 5. The van der Waals surface area contributed by atoms with Crippen molar-refractivity contribution >= 4 is 41.1 Å². The highest BCUT2D eigenvalue weighted by Gasteiger charge is 2.15. The minimum Gasteiger partial charge on any atom is -0.497 e. The number of hydrazone groups is 1. The van der Waals surface area contributed by atoms with E-state index in [1.165, 1.54) is 31.4 Å². The molecule has 0 saturated heterocycles. The molecule has 0 saturated carbocycles. The van der Waals surface area contributed by atoms with Gasteiger partial charge in [-0.3, -0.25) is 5.43 Å². The molecule has 0 aliphatic carbocycles. The molecular weight excluding hydrogens is 386 g/mol. The summed E-state index contributed by atoms with van der Waals surface area (Å²) in [5, 5.41) is 12.7. The van der Waals surface area contributed by atoms with Gasteiger partial charge in [-0.25, -0.2) is 9.18 Å². The van der Waals surface area contributed by atoms with Gasteiger partial charge in [-0.1, -0.05) is 23.2 Å². The van der Waals surface area contributed by atoms with E-state index in [0.29, 0.717) is 11.4 Å². The first-order valence-corrected chi connectivity index (χ1v) is 7.85. The van der Waals surface area contributed by atoms with Crippen molar-refractivity contribution in [3.8, 4) is 11.5 Å². The van der Waals surface area contributed by atoms with Crippen molar-refractivity contribution in [2.45, 2.75) is 0 Å². The summed E-state index contributed by atoms with van der Waals surface area (Å²) in [4.78, 5) is 11.4. The van der Waals surface area contributed by atoms with Crippen LogP contribution >= 0.6 is 23.2 Å². The van der Waals surface area contributed by atoms with Crippen LogP contribution in [0.3, 0.4) is 0 Å². The maximum atomic E-state index is 13.1. The Hall–Kier alpha value is -2.77. The standard InChI is InChI=1S/C17H13Cl2FN2O4/c1-25-11-3-5-12(6-4-11)26-16(17(23)24)14(19)9-21-22-10-2-7-15(20)13(18)8-10/h2-9,22H,1H3,(H,23,24)/b16-14+,21-9-. The van der Waals surface area contributed by atoms with Gasteiger partial charge in [-0.15, -0.1) is 0 Å². The number of nitrogens with zero attached hydrogens (tertiary/aromatic N) is 1. The predicted molar refractivity (Wildman–Crippen MR) is 97.7 cm³/mol. The van der Waals surface area contributed by atoms with Crippen LogP contribution in [-0.4, -0.2) is 24.4 Å². The summed E-state index contributed by atoms with van der Waals surface area (Å²) in [7, 11) is 1.51. The van der Waals surface area contributed by atoms with Crippen LogP contribution in [-0.2, 0) is 4.79 Å². The Labute approximate surface area is 158 Å². The van der Waals surface area contributed by atoms with Crippen LogP contribution in [0.5, 0.6) is 11.5 Å². The Bertz CT molecular complexity index is 854. The molecule has 0 unspecified atom stereocenters. The third-order valence-corrected chi connectivity index (χ3v) is 3.54. The van der Waals surface area contributed by atoms with Crippen LogP contribution in [0.4, 0.5) is 10.1 Å². The number of benzene rings is 2. The van der Waals surface area contributed by atoms with E-state index in [9.17, 15) is 14.3 Å². The summed E-state index contributed by atoms with van der Waals surface area (Å²) in [6.45, 7) is 0. The number of hydrogen-bond donors (Lipinski definition) is 2. The van der Waals surface area contributed by atoms with Gasteiger partial charge in [-0.2, -0.15) is 5.10 Å². The van der Waals surface area contributed by atoms with Crippen molar-refractivity contribution in [2.24, 2.45) is 5.10 Å². The second-order valence-corrected chi connectivity index (χ2v) is 5.57. The third kappa shape index (κ3) is 5.37. The van der Waals surface area contributed by atoms with Crippen LogP contribution in [0.1, 0.15) is 0 Å². The van der Waals surface area contributed by atoms with Crippen molar-refractivity contribution in [1.29, 1.82) is 0 Å². The van der Waals surface area contributed by atoms with Gasteiger partial charge in [0.05, 0.1) is 24.0 Å². The lowest BCUT2D eigenvalue weighted by molar-refractivity contribution is -0.135. The first-order valence-electron chi connectivity index (χ1n) is 7.10. The molecule has 6 nitrogen and oxygen atoms in total. The molecule has 136 valence electrons. The van der Waals surface area contributed by atoms with E-state index in [1.807, 2.05) is 0 Å². The second-order valence-electron chi connectivity index (χ2n) is 4.76. The average Bonchev–Trinajstić information content (AvgIpc) is 2.62. The van der Waals surface area contributed by atoms with Gasteiger partial charge >= 0.3 is 5.97 Å². The third-order valence-electron chi connectivity index (χ3n) is 2.98. The van der Waals surface area contributed by atoms with Gasteiger partial charge in [0.15, 0.2) is 0 Å². The number of nitrogens with one attached hydrogen (secondary N) is 1. The number of carboxylic acids is 1. The van der Waals surface area contributed by atoms with Crippen molar-refractivity contribution in [3.63, 3.8) is 0 Å². The highest BCUT2D eigenvalue weighted by atomic mass is 35.5. The minimum absolute atomic E-state index is 0.0825. The smallest absolute Gasteiger partial charge is 0.373 e. The summed E-state index contributed by atoms with van der Waals surface area (Å²) >= 11 is 11.6. The maximum Gasteiger partial charge on any atom is 0.373 e. The quantitative estimate of drug-likeness (QED) is 0.310. The Morgan fingerprint density at radius 2 is 1.88 bits per heavy atom. The molecule has 0 spiro atoms. The number of carboxylic acid groups (broad SMARTS) is 1. The Kier molecular flexibility index (Phi) is 6.82. The molecule has 2 aromatic carbocycles. The zero-order chi connectivity index (χ0) is 19.1. The second kappa shape index (κ2) is 9.07. The van der Waals surface area contributed by atoms with E-state index in [4.69, 9.17) is 32.7 Å². The van der Waals surface area contributed by atoms with E-state index >= 15 is 0 Å². The van der Waals surface area contributed by atoms with Crippen LogP contribution in [0.15, 0.2) is 58.4 Å². The molecule has 0 aromatic heterocycles. The summed E-state index contributed by atoms with van der Waals surface area (Å²) in [6.07, 6.45) is 1.05. The van der Waals surface area contributed by atoms with E-state index in [-0.39, 0.29) is 15.8 Å². The van der Waals surface area contributed by atoms with Gasteiger partial charge in [0.2, 0.25) is 5.76 Å². The highest BCUT2D eigenvalue weighted by Crippen LogP contribution is 2.22. The lowest BCUT2D eigenvalue weighted by Crippen LogP contribution is -2.10.